The maximum Gasteiger partial charge on any atom is 0.239 e. The van der Waals surface area contributed by atoms with Gasteiger partial charge in [0.1, 0.15) is 12.7 Å². The summed E-state index contributed by atoms with van der Waals surface area (Å²) in [5.74, 6) is -0.129. The molecule has 0 radical (unpaired) electrons. The van der Waals surface area contributed by atoms with Crippen LogP contribution in [0.4, 0.5) is 5.82 Å². The van der Waals surface area contributed by atoms with Crippen molar-refractivity contribution in [1.29, 1.82) is 5.26 Å². The summed E-state index contributed by atoms with van der Waals surface area (Å²) in [7, 11) is 0. The van der Waals surface area contributed by atoms with E-state index in [-0.39, 0.29) is 6.42 Å². The Kier molecular flexibility index (Phi) is 4.72. The van der Waals surface area contributed by atoms with E-state index in [2.05, 4.69) is 15.3 Å². The van der Waals surface area contributed by atoms with Crippen LogP contribution in [0.2, 0.25) is 0 Å². The highest BCUT2D eigenvalue weighted by Crippen LogP contribution is 2.18. The van der Waals surface area contributed by atoms with Crippen LogP contribution in [-0.2, 0) is 16.0 Å². The van der Waals surface area contributed by atoms with Gasteiger partial charge in [0.2, 0.25) is 5.91 Å². The van der Waals surface area contributed by atoms with E-state index in [1.54, 1.807) is 6.07 Å². The fourth-order valence-corrected chi connectivity index (χ4v) is 1.75. The molecule has 0 unspecified atom stereocenters. The zero-order valence-corrected chi connectivity index (χ0v) is 11.1. The van der Waals surface area contributed by atoms with Crippen molar-refractivity contribution in [2.45, 2.75) is 12.8 Å². The minimum Gasteiger partial charge on any atom is -0.309 e. The van der Waals surface area contributed by atoms with E-state index >= 15 is 0 Å². The summed E-state index contributed by atoms with van der Waals surface area (Å²) >= 11 is 0. The minimum absolute atomic E-state index is 0.225. The molecule has 0 fully saturated rings. The second-order valence-corrected chi connectivity index (χ2v) is 4.24. The highest BCUT2D eigenvalue weighted by Gasteiger charge is 2.05. The molecule has 0 aliphatic rings. The molecule has 0 aliphatic carbocycles. The van der Waals surface area contributed by atoms with E-state index in [0.717, 1.165) is 17.4 Å². The number of carbonyl (C=O) groups is 2. The minimum atomic E-state index is -0.424. The topological polar surface area (TPSA) is 95.7 Å². The Morgan fingerprint density at radius 1 is 1.33 bits per heavy atom. The smallest absolute Gasteiger partial charge is 0.239 e. The van der Waals surface area contributed by atoms with Gasteiger partial charge in [-0.15, -0.1) is 0 Å². The summed E-state index contributed by atoms with van der Waals surface area (Å²) in [6.07, 6.45) is 3.93. The predicted molar refractivity (Wildman–Crippen MR) is 76.1 cm³/mol. The first kappa shape index (κ1) is 14.3. The molecule has 1 amide bonds. The van der Waals surface area contributed by atoms with E-state index in [1.807, 2.05) is 24.3 Å². The summed E-state index contributed by atoms with van der Waals surface area (Å²) in [6, 6.07) is 9.20. The number of rotatable bonds is 5. The quantitative estimate of drug-likeness (QED) is 0.841. The molecule has 2 aromatic rings. The number of amides is 1. The third-order valence-corrected chi connectivity index (χ3v) is 2.70. The highest BCUT2D eigenvalue weighted by atomic mass is 16.1. The summed E-state index contributed by atoms with van der Waals surface area (Å²) in [6.45, 7) is 0. The van der Waals surface area contributed by atoms with Gasteiger partial charge >= 0.3 is 0 Å². The summed E-state index contributed by atoms with van der Waals surface area (Å²) < 4.78 is 0. The number of nitriles is 1. The maximum atomic E-state index is 11.2. The Bertz CT molecular complexity index is 690. The number of anilines is 1. The lowest BCUT2D eigenvalue weighted by Crippen LogP contribution is -2.11. The molecule has 1 aromatic carbocycles. The van der Waals surface area contributed by atoms with Gasteiger partial charge in [0.05, 0.1) is 24.2 Å². The molecular formula is C15H12N4O2. The number of nitrogens with one attached hydrogen (secondary N) is 1. The van der Waals surface area contributed by atoms with Crippen molar-refractivity contribution in [2.24, 2.45) is 0 Å². The molecule has 1 aromatic heterocycles. The zero-order chi connectivity index (χ0) is 15.1. The lowest BCUT2D eigenvalue weighted by Gasteiger charge is -2.05. The summed E-state index contributed by atoms with van der Waals surface area (Å²) in [4.78, 5) is 30.1. The third-order valence-electron chi connectivity index (χ3n) is 2.70. The third kappa shape index (κ3) is 3.94. The van der Waals surface area contributed by atoms with Gasteiger partial charge in [-0.1, -0.05) is 18.2 Å². The van der Waals surface area contributed by atoms with E-state index in [0.29, 0.717) is 17.9 Å². The van der Waals surface area contributed by atoms with Crippen molar-refractivity contribution in [3.05, 3.63) is 42.2 Å². The molecule has 6 heteroatoms. The van der Waals surface area contributed by atoms with Crippen LogP contribution >= 0.6 is 0 Å². The van der Waals surface area contributed by atoms with Crippen LogP contribution in [0.1, 0.15) is 12.0 Å². The number of hydrogen-bond acceptors (Lipinski definition) is 5. The number of benzene rings is 1. The second-order valence-electron chi connectivity index (χ2n) is 4.24. The normalized spacial score (nSPS) is 9.67. The molecule has 0 saturated heterocycles. The average molecular weight is 280 g/mol. The van der Waals surface area contributed by atoms with Gasteiger partial charge in [-0.2, -0.15) is 5.26 Å². The number of aromatic nitrogens is 2. The van der Waals surface area contributed by atoms with Crippen LogP contribution < -0.4 is 5.32 Å². The van der Waals surface area contributed by atoms with E-state index in [1.165, 1.54) is 12.4 Å². The molecule has 1 N–H and O–H groups in total. The molecule has 21 heavy (non-hydrogen) atoms. The average Bonchev–Trinajstić information content (AvgIpc) is 2.49. The maximum absolute atomic E-state index is 11.2. The molecule has 0 atom stereocenters. The van der Waals surface area contributed by atoms with Gasteiger partial charge in [-0.05, 0) is 11.6 Å². The van der Waals surface area contributed by atoms with Gasteiger partial charge in [0.25, 0.3) is 0 Å². The van der Waals surface area contributed by atoms with E-state index in [9.17, 15) is 9.59 Å². The Morgan fingerprint density at radius 3 is 2.86 bits per heavy atom. The first-order valence-corrected chi connectivity index (χ1v) is 6.24. The van der Waals surface area contributed by atoms with Gasteiger partial charge < -0.3 is 10.1 Å². The molecule has 0 saturated carbocycles. The van der Waals surface area contributed by atoms with Crippen molar-refractivity contribution in [1.82, 2.24) is 9.97 Å². The molecule has 104 valence electrons. The van der Waals surface area contributed by atoms with Gasteiger partial charge in [0, 0.05) is 12.0 Å². The van der Waals surface area contributed by atoms with Crippen molar-refractivity contribution in [2.75, 3.05) is 5.32 Å². The number of carbonyl (C=O) groups excluding carboxylic acids is 2. The Morgan fingerprint density at radius 2 is 2.19 bits per heavy atom. The number of aldehydes is 1. The second kappa shape index (κ2) is 6.91. The monoisotopic (exact) mass is 280 g/mol. The molecular weight excluding hydrogens is 268 g/mol. The van der Waals surface area contributed by atoms with E-state index in [4.69, 9.17) is 5.26 Å². The van der Waals surface area contributed by atoms with Gasteiger partial charge in [-0.25, -0.2) is 4.98 Å². The van der Waals surface area contributed by atoms with E-state index < -0.39 is 5.91 Å². The fraction of sp³-hybridized carbons (Fsp3) is 0.133. The largest absolute Gasteiger partial charge is 0.309 e. The Labute approximate surface area is 121 Å². The van der Waals surface area contributed by atoms with Crippen LogP contribution in [0.25, 0.3) is 11.3 Å². The summed E-state index contributed by atoms with van der Waals surface area (Å²) in [5.41, 5.74) is 2.38. The van der Waals surface area contributed by atoms with Crippen molar-refractivity contribution < 1.29 is 9.59 Å². The lowest BCUT2D eigenvalue weighted by molar-refractivity contribution is -0.115. The molecule has 6 nitrogen and oxygen atoms in total. The van der Waals surface area contributed by atoms with Crippen molar-refractivity contribution in [3.8, 4) is 17.3 Å². The van der Waals surface area contributed by atoms with Crippen LogP contribution in [0.3, 0.4) is 0 Å². The van der Waals surface area contributed by atoms with Gasteiger partial charge in [0.15, 0.2) is 5.82 Å². The molecule has 2 rings (SSSR count). The standard InChI is InChI=1S/C15H12N4O2/c16-6-4-15(21)19-14-10-17-13(9-18-14)12-3-1-2-11(8-12)5-7-20/h1-3,7-10H,4-5H2,(H,18,19,21). The van der Waals surface area contributed by atoms with Crippen molar-refractivity contribution >= 4 is 18.0 Å². The zero-order valence-electron chi connectivity index (χ0n) is 11.1. The van der Waals surface area contributed by atoms with Gasteiger partial charge in [-0.3, -0.25) is 9.78 Å². The van der Waals surface area contributed by atoms with Crippen LogP contribution in [0.5, 0.6) is 0 Å². The highest BCUT2D eigenvalue weighted by molar-refractivity contribution is 5.91. The van der Waals surface area contributed by atoms with Crippen LogP contribution in [0, 0.1) is 11.3 Å². The SMILES string of the molecule is N#CCC(=O)Nc1cnc(-c2cccc(CC=O)c2)cn1. The molecule has 0 aliphatic heterocycles. The van der Waals surface area contributed by atoms with Crippen molar-refractivity contribution in [3.63, 3.8) is 0 Å². The first-order chi connectivity index (χ1) is 10.2. The molecule has 0 bridgehead atoms. The van der Waals surface area contributed by atoms with Crippen LogP contribution in [0.15, 0.2) is 36.7 Å². The molecule has 1 heterocycles. The Balaban J connectivity index is 2.15. The number of hydrogen-bond donors (Lipinski definition) is 1. The summed E-state index contributed by atoms with van der Waals surface area (Å²) in [5, 5.41) is 10.9. The fourth-order valence-electron chi connectivity index (χ4n) is 1.75. The van der Waals surface area contributed by atoms with Crippen LogP contribution in [-0.4, -0.2) is 22.2 Å². The first-order valence-electron chi connectivity index (χ1n) is 6.24. The lowest BCUT2D eigenvalue weighted by atomic mass is 10.1. The Hall–Kier alpha value is -3.07. The predicted octanol–water partition coefficient (Wildman–Crippen LogP) is 1.74. The number of nitrogens with zero attached hydrogens (tertiary/aromatic N) is 3. The molecule has 0 spiro atoms.